The van der Waals surface area contributed by atoms with Gasteiger partial charge in [-0.05, 0) is 35.7 Å². The smallest absolute Gasteiger partial charge is 0.261 e. The molecule has 0 aliphatic carbocycles. The van der Waals surface area contributed by atoms with Crippen LogP contribution in [0.2, 0.25) is 0 Å². The van der Waals surface area contributed by atoms with Crippen LogP contribution in [0.25, 0.3) is 11.1 Å². The molecule has 0 radical (unpaired) electrons. The van der Waals surface area contributed by atoms with E-state index in [1.54, 1.807) is 0 Å². The minimum Gasteiger partial charge on any atom is -0.261 e. The van der Waals surface area contributed by atoms with E-state index in [-0.39, 0.29) is 5.82 Å². The van der Waals surface area contributed by atoms with Gasteiger partial charge < -0.3 is 0 Å². The van der Waals surface area contributed by atoms with Gasteiger partial charge in [0.1, 0.15) is 5.82 Å². The number of benzene rings is 2. The zero-order chi connectivity index (χ0) is 18.6. The van der Waals surface area contributed by atoms with Crippen molar-refractivity contribution in [2.75, 3.05) is 5.43 Å². The summed E-state index contributed by atoms with van der Waals surface area (Å²) in [6.07, 6.45) is -3.62. The van der Waals surface area contributed by atoms with Crippen LogP contribution < -0.4 is 5.43 Å². The van der Waals surface area contributed by atoms with E-state index in [9.17, 15) is 13.2 Å². The Bertz CT molecular complexity index is 884. The van der Waals surface area contributed by atoms with Gasteiger partial charge in [-0.2, -0.15) is 18.3 Å². The van der Waals surface area contributed by atoms with Crippen LogP contribution in [0.4, 0.5) is 19.0 Å². The molecular formula is C20H16F3N3. The van der Waals surface area contributed by atoms with Crippen molar-refractivity contribution in [1.82, 2.24) is 4.98 Å². The topological polar surface area (TPSA) is 37.3 Å². The van der Waals surface area contributed by atoms with Gasteiger partial charge in [0.15, 0.2) is 0 Å². The maximum absolute atomic E-state index is 12.5. The van der Waals surface area contributed by atoms with Crippen molar-refractivity contribution < 1.29 is 13.2 Å². The van der Waals surface area contributed by atoms with Crippen LogP contribution in [0, 0.1) is 0 Å². The molecule has 3 nitrogen and oxygen atoms in total. The number of hydrogen-bond donors (Lipinski definition) is 1. The van der Waals surface area contributed by atoms with Crippen LogP contribution in [0.15, 0.2) is 78.0 Å². The molecule has 0 unspecified atom stereocenters. The Morgan fingerprint density at radius 3 is 2.12 bits per heavy atom. The molecule has 0 amide bonds. The number of aromatic nitrogens is 1. The van der Waals surface area contributed by atoms with Crippen molar-refractivity contribution in [2.45, 2.75) is 13.1 Å². The van der Waals surface area contributed by atoms with Crippen LogP contribution in [0.5, 0.6) is 0 Å². The van der Waals surface area contributed by atoms with E-state index < -0.39 is 11.7 Å². The fourth-order valence-corrected chi connectivity index (χ4v) is 2.37. The van der Waals surface area contributed by atoms with Gasteiger partial charge in [0.05, 0.1) is 11.3 Å². The molecule has 0 saturated heterocycles. The highest BCUT2D eigenvalue weighted by atomic mass is 19.4. The Balaban J connectivity index is 1.70. The number of halogens is 3. The second kappa shape index (κ2) is 7.39. The highest BCUT2D eigenvalue weighted by molar-refractivity contribution is 5.99. The fraction of sp³-hybridized carbons (Fsp3) is 0.100. The summed E-state index contributed by atoms with van der Waals surface area (Å²) in [5, 5.41) is 4.18. The van der Waals surface area contributed by atoms with Crippen LogP contribution in [-0.4, -0.2) is 10.7 Å². The lowest BCUT2D eigenvalue weighted by Crippen LogP contribution is -2.06. The van der Waals surface area contributed by atoms with Crippen molar-refractivity contribution >= 4 is 11.5 Å². The Hall–Kier alpha value is -3.15. The van der Waals surface area contributed by atoms with Crippen LogP contribution in [-0.2, 0) is 6.18 Å². The van der Waals surface area contributed by atoms with Crippen molar-refractivity contribution in [2.24, 2.45) is 5.10 Å². The zero-order valence-electron chi connectivity index (χ0n) is 14.0. The maximum Gasteiger partial charge on any atom is 0.417 e. The number of hydrogen-bond acceptors (Lipinski definition) is 3. The SMILES string of the molecule is C/C(=N\Nc1ccc(C(F)(F)F)cn1)c1ccc(-c2ccccc2)cc1. The van der Waals surface area contributed by atoms with Gasteiger partial charge in [-0.3, -0.25) is 5.43 Å². The first-order valence-electron chi connectivity index (χ1n) is 7.93. The fourth-order valence-electron chi connectivity index (χ4n) is 2.37. The van der Waals surface area contributed by atoms with Gasteiger partial charge in [0.25, 0.3) is 0 Å². The number of pyridine rings is 1. The summed E-state index contributed by atoms with van der Waals surface area (Å²) in [4.78, 5) is 3.73. The summed E-state index contributed by atoms with van der Waals surface area (Å²) >= 11 is 0. The summed E-state index contributed by atoms with van der Waals surface area (Å²) in [6.45, 7) is 1.81. The van der Waals surface area contributed by atoms with E-state index in [0.29, 0.717) is 5.71 Å². The molecule has 26 heavy (non-hydrogen) atoms. The number of nitrogens with one attached hydrogen (secondary N) is 1. The molecule has 0 aliphatic rings. The molecule has 132 valence electrons. The Morgan fingerprint density at radius 1 is 0.885 bits per heavy atom. The maximum atomic E-state index is 12.5. The lowest BCUT2D eigenvalue weighted by molar-refractivity contribution is -0.137. The molecule has 0 atom stereocenters. The van der Waals surface area contributed by atoms with E-state index in [0.717, 1.165) is 29.0 Å². The molecule has 1 N–H and O–H groups in total. The Labute approximate surface area is 149 Å². The number of anilines is 1. The third-order valence-corrected chi connectivity index (χ3v) is 3.84. The van der Waals surface area contributed by atoms with Crippen molar-refractivity contribution in [3.05, 3.63) is 84.1 Å². The highest BCUT2D eigenvalue weighted by Gasteiger charge is 2.30. The standard InChI is InChI=1S/C20H16F3N3/c1-14(25-26-19-12-11-18(13-24-19)20(21,22)23)15-7-9-17(10-8-15)16-5-3-2-4-6-16/h2-13H,1H3,(H,24,26)/b25-14+. The average Bonchev–Trinajstić information content (AvgIpc) is 2.66. The van der Waals surface area contributed by atoms with Gasteiger partial charge in [-0.25, -0.2) is 4.98 Å². The van der Waals surface area contributed by atoms with Crippen LogP contribution in [0.1, 0.15) is 18.1 Å². The highest BCUT2D eigenvalue weighted by Crippen LogP contribution is 2.28. The first-order valence-corrected chi connectivity index (χ1v) is 7.93. The molecule has 1 heterocycles. The predicted molar refractivity (Wildman–Crippen MR) is 97.0 cm³/mol. The summed E-state index contributed by atoms with van der Waals surface area (Å²) in [5.41, 5.74) is 5.72. The van der Waals surface area contributed by atoms with Crippen molar-refractivity contribution in [1.29, 1.82) is 0 Å². The molecule has 0 aliphatic heterocycles. The molecule has 2 aromatic carbocycles. The Kier molecular flexibility index (Phi) is 5.02. The van der Waals surface area contributed by atoms with Gasteiger partial charge in [-0.15, -0.1) is 0 Å². The van der Waals surface area contributed by atoms with Crippen molar-refractivity contribution in [3.8, 4) is 11.1 Å². The summed E-state index contributed by atoms with van der Waals surface area (Å²) in [5.74, 6) is 0.248. The Morgan fingerprint density at radius 2 is 1.54 bits per heavy atom. The van der Waals surface area contributed by atoms with Crippen LogP contribution in [0.3, 0.4) is 0 Å². The molecule has 1 aromatic heterocycles. The first kappa shape index (κ1) is 17.7. The quantitative estimate of drug-likeness (QED) is 0.488. The molecule has 3 aromatic rings. The molecule has 0 bridgehead atoms. The number of rotatable bonds is 4. The van der Waals surface area contributed by atoms with Crippen molar-refractivity contribution in [3.63, 3.8) is 0 Å². The lowest BCUT2D eigenvalue weighted by atomic mass is 10.0. The molecule has 0 fully saturated rings. The number of hydrazone groups is 1. The number of alkyl halides is 3. The minimum absolute atomic E-state index is 0.248. The van der Waals surface area contributed by atoms with Gasteiger partial charge in [0.2, 0.25) is 0 Å². The van der Waals surface area contributed by atoms with E-state index in [2.05, 4.69) is 15.5 Å². The summed E-state index contributed by atoms with van der Waals surface area (Å²) in [7, 11) is 0. The van der Waals surface area contributed by atoms with Gasteiger partial charge in [0, 0.05) is 6.20 Å². The zero-order valence-corrected chi connectivity index (χ0v) is 14.0. The second-order valence-corrected chi connectivity index (χ2v) is 5.68. The molecule has 0 spiro atoms. The molecular weight excluding hydrogens is 339 g/mol. The second-order valence-electron chi connectivity index (χ2n) is 5.68. The molecule has 6 heteroatoms. The third-order valence-electron chi connectivity index (χ3n) is 3.84. The third kappa shape index (κ3) is 4.27. The number of nitrogens with zero attached hydrogens (tertiary/aromatic N) is 2. The normalized spacial score (nSPS) is 12.1. The van der Waals surface area contributed by atoms with E-state index in [1.807, 2.05) is 61.5 Å². The van der Waals surface area contributed by atoms with E-state index in [4.69, 9.17) is 0 Å². The minimum atomic E-state index is -4.40. The average molecular weight is 355 g/mol. The first-order chi connectivity index (χ1) is 12.4. The van der Waals surface area contributed by atoms with Gasteiger partial charge >= 0.3 is 6.18 Å². The van der Waals surface area contributed by atoms with Crippen LogP contribution >= 0.6 is 0 Å². The predicted octanol–water partition coefficient (Wildman–Crippen LogP) is 5.60. The monoisotopic (exact) mass is 355 g/mol. The molecule has 0 saturated carbocycles. The van der Waals surface area contributed by atoms with E-state index >= 15 is 0 Å². The van der Waals surface area contributed by atoms with Gasteiger partial charge in [-0.1, -0.05) is 54.6 Å². The van der Waals surface area contributed by atoms with E-state index in [1.165, 1.54) is 6.07 Å². The summed E-state index contributed by atoms with van der Waals surface area (Å²) < 4.78 is 37.6. The molecule has 3 rings (SSSR count). The summed E-state index contributed by atoms with van der Waals surface area (Å²) in [6, 6.07) is 20.1. The lowest BCUT2D eigenvalue weighted by Gasteiger charge is -2.07. The largest absolute Gasteiger partial charge is 0.417 e.